The average molecular weight is 260 g/mol. The molecule has 3 atom stereocenters. The van der Waals surface area contributed by atoms with Crippen LogP contribution in [0.4, 0.5) is 0 Å². The fourth-order valence-corrected chi connectivity index (χ4v) is 3.08. The van der Waals surface area contributed by atoms with Crippen molar-refractivity contribution >= 4 is 6.29 Å². The summed E-state index contributed by atoms with van der Waals surface area (Å²) in [6, 6.07) is 0. The van der Waals surface area contributed by atoms with Crippen LogP contribution >= 0.6 is 0 Å². The Bertz CT molecular complexity index is 429. The molecule has 0 amide bonds. The zero-order chi connectivity index (χ0) is 13.8. The molecule has 19 heavy (non-hydrogen) atoms. The van der Waals surface area contributed by atoms with Crippen LogP contribution in [-0.4, -0.2) is 12.4 Å². The van der Waals surface area contributed by atoms with E-state index in [9.17, 15) is 4.79 Å². The van der Waals surface area contributed by atoms with E-state index < -0.39 is 0 Å². The zero-order valence-electron chi connectivity index (χ0n) is 12.2. The molecule has 0 aromatic rings. The lowest BCUT2D eigenvalue weighted by molar-refractivity contribution is -0.104. The lowest BCUT2D eigenvalue weighted by Gasteiger charge is -2.19. The predicted octanol–water partition coefficient (Wildman–Crippen LogP) is 4.19. The Labute approximate surface area is 116 Å². The lowest BCUT2D eigenvalue weighted by atomic mass is 9.84. The fraction of sp³-hybridized carbons (Fsp3) is 0.588. The first kappa shape index (κ1) is 14.1. The van der Waals surface area contributed by atoms with E-state index in [1.54, 1.807) is 6.08 Å². The minimum absolute atomic E-state index is 0.145. The molecule has 2 heteroatoms. The second kappa shape index (κ2) is 6.23. The molecular formula is C17H24O2. The van der Waals surface area contributed by atoms with Gasteiger partial charge in [0.1, 0.15) is 18.1 Å². The molecular weight excluding hydrogens is 236 g/mol. The molecule has 0 N–H and O–H groups in total. The van der Waals surface area contributed by atoms with Gasteiger partial charge in [-0.15, -0.1) is 0 Å². The molecule has 0 bridgehead atoms. The van der Waals surface area contributed by atoms with E-state index in [1.165, 1.54) is 11.1 Å². The summed E-state index contributed by atoms with van der Waals surface area (Å²) in [5.74, 6) is 1.68. The number of hydrogen-bond acceptors (Lipinski definition) is 2. The summed E-state index contributed by atoms with van der Waals surface area (Å²) < 4.78 is 5.99. The van der Waals surface area contributed by atoms with Crippen molar-refractivity contribution in [3.05, 3.63) is 35.1 Å². The minimum Gasteiger partial charge on any atom is -0.490 e. The fourth-order valence-electron chi connectivity index (χ4n) is 3.08. The topological polar surface area (TPSA) is 26.3 Å². The monoisotopic (exact) mass is 260 g/mol. The third kappa shape index (κ3) is 3.37. The molecule has 0 saturated carbocycles. The number of rotatable bonds is 1. The Morgan fingerprint density at radius 2 is 2.05 bits per heavy atom. The molecule has 2 rings (SSSR count). The van der Waals surface area contributed by atoms with E-state index in [0.717, 1.165) is 37.7 Å². The molecule has 1 aliphatic heterocycles. The van der Waals surface area contributed by atoms with Gasteiger partial charge in [0, 0.05) is 17.9 Å². The largest absolute Gasteiger partial charge is 0.490 e. The van der Waals surface area contributed by atoms with Crippen LogP contribution in [0.15, 0.2) is 35.1 Å². The molecule has 1 fully saturated rings. The first-order chi connectivity index (χ1) is 9.11. The number of aldehydes is 1. The van der Waals surface area contributed by atoms with E-state index in [4.69, 9.17) is 4.74 Å². The van der Waals surface area contributed by atoms with Crippen molar-refractivity contribution in [3.8, 4) is 0 Å². The Morgan fingerprint density at radius 3 is 2.79 bits per heavy atom. The Balaban J connectivity index is 2.24. The quantitative estimate of drug-likeness (QED) is 0.401. The van der Waals surface area contributed by atoms with Gasteiger partial charge in [-0.25, -0.2) is 0 Å². The van der Waals surface area contributed by atoms with Gasteiger partial charge in [-0.2, -0.15) is 0 Å². The normalized spacial score (nSPS) is 36.8. The number of hydrogen-bond donors (Lipinski definition) is 0. The summed E-state index contributed by atoms with van der Waals surface area (Å²) in [7, 11) is 0. The van der Waals surface area contributed by atoms with Crippen LogP contribution in [0.25, 0.3) is 0 Å². The van der Waals surface area contributed by atoms with Crippen LogP contribution in [0, 0.1) is 11.8 Å². The Morgan fingerprint density at radius 1 is 1.26 bits per heavy atom. The van der Waals surface area contributed by atoms with Gasteiger partial charge in [-0.1, -0.05) is 24.1 Å². The maximum absolute atomic E-state index is 10.7. The van der Waals surface area contributed by atoms with Crippen molar-refractivity contribution in [2.45, 2.75) is 52.6 Å². The molecule has 0 aromatic carbocycles. The minimum atomic E-state index is 0.145. The second-order valence-corrected chi connectivity index (χ2v) is 5.88. The highest BCUT2D eigenvalue weighted by atomic mass is 16.5. The summed E-state index contributed by atoms with van der Waals surface area (Å²) in [4.78, 5) is 10.7. The van der Waals surface area contributed by atoms with Gasteiger partial charge >= 0.3 is 0 Å². The number of carbonyl (C=O) groups is 1. The van der Waals surface area contributed by atoms with E-state index in [-0.39, 0.29) is 6.10 Å². The van der Waals surface area contributed by atoms with Crippen molar-refractivity contribution in [1.82, 2.24) is 0 Å². The maximum Gasteiger partial charge on any atom is 0.146 e. The van der Waals surface area contributed by atoms with Crippen molar-refractivity contribution < 1.29 is 9.53 Å². The van der Waals surface area contributed by atoms with Gasteiger partial charge in [0.05, 0.1) is 0 Å². The highest BCUT2D eigenvalue weighted by Crippen LogP contribution is 2.40. The van der Waals surface area contributed by atoms with Gasteiger partial charge < -0.3 is 4.74 Å². The standard InChI is InChI=1S/C17H24O2/c1-12-5-4-6-13(2)11-17-15(8-7-12)14(3)16(19-17)9-10-18/h5,9-11,14-15,17H,4,6-8H2,1-3H3/b12-5?,13-11+,16-9+/t14-,15-,17-/m1/s1. The predicted molar refractivity (Wildman–Crippen MR) is 77.7 cm³/mol. The Kier molecular flexibility index (Phi) is 4.62. The van der Waals surface area contributed by atoms with E-state index in [2.05, 4.69) is 32.9 Å². The molecule has 2 aliphatic rings. The molecule has 0 radical (unpaired) electrons. The van der Waals surface area contributed by atoms with Gasteiger partial charge in [-0.05, 0) is 45.6 Å². The zero-order valence-corrected chi connectivity index (χ0v) is 12.2. The second-order valence-electron chi connectivity index (χ2n) is 5.88. The summed E-state index contributed by atoms with van der Waals surface area (Å²) in [6.07, 6.45) is 11.7. The van der Waals surface area contributed by atoms with Crippen LogP contribution < -0.4 is 0 Å². The number of carbonyl (C=O) groups excluding carboxylic acids is 1. The highest BCUT2D eigenvalue weighted by Gasteiger charge is 2.37. The Hall–Kier alpha value is -1.31. The van der Waals surface area contributed by atoms with Crippen molar-refractivity contribution in [1.29, 1.82) is 0 Å². The molecule has 2 nitrogen and oxygen atoms in total. The summed E-state index contributed by atoms with van der Waals surface area (Å²) in [5.41, 5.74) is 2.87. The van der Waals surface area contributed by atoms with Gasteiger partial charge in [0.2, 0.25) is 0 Å². The number of ether oxygens (including phenoxy) is 1. The molecule has 104 valence electrons. The molecule has 0 unspecified atom stereocenters. The third-order valence-corrected chi connectivity index (χ3v) is 4.37. The molecule has 1 heterocycles. The van der Waals surface area contributed by atoms with E-state index >= 15 is 0 Å². The van der Waals surface area contributed by atoms with E-state index in [0.29, 0.717) is 11.8 Å². The number of fused-ring (bicyclic) bond motifs is 1. The van der Waals surface area contributed by atoms with Crippen LogP contribution in [0.5, 0.6) is 0 Å². The van der Waals surface area contributed by atoms with Crippen LogP contribution in [0.2, 0.25) is 0 Å². The van der Waals surface area contributed by atoms with Crippen LogP contribution in [0.3, 0.4) is 0 Å². The number of allylic oxidation sites excluding steroid dienone is 5. The molecule has 0 aromatic heterocycles. The van der Waals surface area contributed by atoms with Crippen LogP contribution in [-0.2, 0) is 9.53 Å². The highest BCUT2D eigenvalue weighted by molar-refractivity contribution is 5.65. The lowest BCUT2D eigenvalue weighted by Crippen LogP contribution is -2.18. The van der Waals surface area contributed by atoms with Crippen molar-refractivity contribution in [2.75, 3.05) is 0 Å². The first-order valence-corrected chi connectivity index (χ1v) is 7.26. The maximum atomic E-state index is 10.7. The van der Waals surface area contributed by atoms with Crippen molar-refractivity contribution in [3.63, 3.8) is 0 Å². The summed E-state index contributed by atoms with van der Waals surface area (Å²) >= 11 is 0. The smallest absolute Gasteiger partial charge is 0.146 e. The first-order valence-electron chi connectivity index (χ1n) is 7.26. The van der Waals surface area contributed by atoms with Gasteiger partial charge in [0.15, 0.2) is 0 Å². The van der Waals surface area contributed by atoms with Gasteiger partial charge in [-0.3, -0.25) is 4.79 Å². The van der Waals surface area contributed by atoms with Gasteiger partial charge in [0.25, 0.3) is 0 Å². The molecule has 1 saturated heterocycles. The SMILES string of the molecule is CC1=CCC/C(C)=C/[C@H]2O/C(=C/C=O)[C@H](C)[C@H]2CC1. The molecule has 1 aliphatic carbocycles. The summed E-state index contributed by atoms with van der Waals surface area (Å²) in [5, 5.41) is 0. The third-order valence-electron chi connectivity index (χ3n) is 4.37. The van der Waals surface area contributed by atoms with Crippen LogP contribution in [0.1, 0.15) is 46.5 Å². The van der Waals surface area contributed by atoms with E-state index in [1.807, 2.05) is 0 Å². The summed E-state index contributed by atoms with van der Waals surface area (Å²) in [6.45, 7) is 6.57. The molecule has 0 spiro atoms. The average Bonchev–Trinajstić information content (AvgIpc) is 2.64. The van der Waals surface area contributed by atoms with Crippen molar-refractivity contribution in [2.24, 2.45) is 11.8 Å².